The first kappa shape index (κ1) is 16.3. The van der Waals surface area contributed by atoms with Crippen molar-refractivity contribution in [2.75, 3.05) is 18.1 Å². The molecule has 21 heavy (non-hydrogen) atoms. The fourth-order valence-corrected chi connectivity index (χ4v) is 4.67. The summed E-state index contributed by atoms with van der Waals surface area (Å²) < 4.78 is 23.3. The van der Waals surface area contributed by atoms with Gasteiger partial charge in [0.2, 0.25) is 0 Å². The molecule has 0 amide bonds. The van der Waals surface area contributed by atoms with Crippen molar-refractivity contribution in [2.45, 2.75) is 25.4 Å². The number of carboxylic acid groups (broad SMARTS) is 1. The van der Waals surface area contributed by atoms with Crippen LogP contribution in [0.2, 0.25) is 5.02 Å². The number of hydrogen-bond donors (Lipinski definition) is 1. The highest BCUT2D eigenvalue weighted by atomic mass is 35.5. The predicted molar refractivity (Wildman–Crippen MR) is 81.3 cm³/mol. The van der Waals surface area contributed by atoms with E-state index in [-0.39, 0.29) is 30.1 Å². The molecule has 1 N–H and O–H groups in total. The van der Waals surface area contributed by atoms with E-state index >= 15 is 0 Å². The van der Waals surface area contributed by atoms with Crippen LogP contribution in [-0.2, 0) is 14.6 Å². The second-order valence-electron chi connectivity index (χ2n) is 5.35. The molecule has 0 aromatic heterocycles. The zero-order valence-corrected chi connectivity index (χ0v) is 13.3. The average molecular weight is 332 g/mol. The van der Waals surface area contributed by atoms with Gasteiger partial charge in [0.05, 0.1) is 18.1 Å². The number of halogens is 1. The van der Waals surface area contributed by atoms with Gasteiger partial charge in [-0.2, -0.15) is 0 Å². The molecule has 1 heterocycles. The van der Waals surface area contributed by atoms with Gasteiger partial charge in [-0.15, -0.1) is 0 Å². The third kappa shape index (κ3) is 4.18. The second kappa shape index (κ2) is 6.34. The normalized spacial score (nSPS) is 22.3. The molecule has 0 aliphatic carbocycles. The van der Waals surface area contributed by atoms with Crippen LogP contribution in [0.5, 0.6) is 0 Å². The zero-order chi connectivity index (χ0) is 15.6. The minimum absolute atomic E-state index is 0.0190. The first-order valence-electron chi connectivity index (χ1n) is 6.72. The fraction of sp³-hybridized carbons (Fsp3) is 0.500. The van der Waals surface area contributed by atoms with E-state index in [4.69, 9.17) is 16.7 Å². The lowest BCUT2D eigenvalue weighted by molar-refractivity contribution is -0.139. The van der Waals surface area contributed by atoms with E-state index < -0.39 is 15.8 Å². The molecule has 0 saturated carbocycles. The van der Waals surface area contributed by atoms with Crippen LogP contribution >= 0.6 is 11.6 Å². The van der Waals surface area contributed by atoms with Gasteiger partial charge in [-0.1, -0.05) is 23.7 Å². The Morgan fingerprint density at radius 3 is 2.76 bits per heavy atom. The summed E-state index contributed by atoms with van der Waals surface area (Å²) in [5.41, 5.74) is 0.882. The van der Waals surface area contributed by atoms with Crippen LogP contribution in [0.3, 0.4) is 0 Å². The highest BCUT2D eigenvalue weighted by Gasteiger charge is 2.35. The monoisotopic (exact) mass is 331 g/mol. The lowest BCUT2D eigenvalue weighted by Crippen LogP contribution is -2.41. The standard InChI is InChI=1S/C14H18ClNO4S/c1-10(11-3-2-4-12(15)7-11)16(8-14(17)18)13-5-6-21(19,20)9-13/h2-4,7,10,13H,5-6,8-9H2,1H3,(H,17,18). The predicted octanol–water partition coefficient (Wildman–Crippen LogP) is 1.97. The molecule has 1 saturated heterocycles. The third-order valence-electron chi connectivity index (χ3n) is 3.82. The average Bonchev–Trinajstić information content (AvgIpc) is 2.75. The van der Waals surface area contributed by atoms with E-state index in [1.165, 1.54) is 0 Å². The van der Waals surface area contributed by atoms with Crippen LogP contribution in [0, 0.1) is 0 Å². The molecule has 116 valence electrons. The van der Waals surface area contributed by atoms with Crippen molar-refractivity contribution in [2.24, 2.45) is 0 Å². The molecule has 7 heteroatoms. The number of sulfone groups is 1. The molecule has 2 atom stereocenters. The fourth-order valence-electron chi connectivity index (χ4n) is 2.73. The van der Waals surface area contributed by atoms with Gasteiger partial charge in [-0.25, -0.2) is 8.42 Å². The molecule has 0 radical (unpaired) electrons. The van der Waals surface area contributed by atoms with E-state index in [0.717, 1.165) is 5.56 Å². The number of carbonyl (C=O) groups is 1. The molecular formula is C14H18ClNO4S. The van der Waals surface area contributed by atoms with Gasteiger partial charge in [-0.05, 0) is 31.0 Å². The molecule has 5 nitrogen and oxygen atoms in total. The van der Waals surface area contributed by atoms with E-state index in [1.54, 1.807) is 23.1 Å². The number of nitrogens with zero attached hydrogens (tertiary/aromatic N) is 1. The minimum Gasteiger partial charge on any atom is -0.480 e. The van der Waals surface area contributed by atoms with Gasteiger partial charge in [0.25, 0.3) is 0 Å². The summed E-state index contributed by atoms with van der Waals surface area (Å²) >= 11 is 5.97. The van der Waals surface area contributed by atoms with Gasteiger partial charge in [0.15, 0.2) is 9.84 Å². The van der Waals surface area contributed by atoms with Crippen molar-refractivity contribution in [3.63, 3.8) is 0 Å². The lowest BCUT2D eigenvalue weighted by atomic mass is 10.0. The number of benzene rings is 1. The Hall–Kier alpha value is -1.11. The molecule has 1 aliphatic rings. The van der Waals surface area contributed by atoms with E-state index in [9.17, 15) is 13.2 Å². The lowest BCUT2D eigenvalue weighted by Gasteiger charge is -2.32. The van der Waals surface area contributed by atoms with Crippen LogP contribution in [0.25, 0.3) is 0 Å². The molecular weight excluding hydrogens is 314 g/mol. The van der Waals surface area contributed by atoms with Gasteiger partial charge in [0.1, 0.15) is 0 Å². The quantitative estimate of drug-likeness (QED) is 0.893. The summed E-state index contributed by atoms with van der Waals surface area (Å²) in [6.45, 7) is 1.69. The van der Waals surface area contributed by atoms with Crippen molar-refractivity contribution in [3.05, 3.63) is 34.9 Å². The van der Waals surface area contributed by atoms with E-state index in [0.29, 0.717) is 11.4 Å². The number of hydrogen-bond acceptors (Lipinski definition) is 4. The molecule has 1 aromatic rings. The summed E-state index contributed by atoms with van der Waals surface area (Å²) in [5.74, 6) is -0.825. The van der Waals surface area contributed by atoms with Crippen LogP contribution in [0.15, 0.2) is 24.3 Å². The van der Waals surface area contributed by atoms with Crippen LogP contribution in [0.4, 0.5) is 0 Å². The van der Waals surface area contributed by atoms with Gasteiger partial charge in [0, 0.05) is 17.1 Å². The van der Waals surface area contributed by atoms with Crippen LogP contribution in [-0.4, -0.2) is 48.5 Å². The molecule has 1 aromatic carbocycles. The molecule has 0 spiro atoms. The largest absolute Gasteiger partial charge is 0.480 e. The maximum absolute atomic E-state index is 11.6. The second-order valence-corrected chi connectivity index (χ2v) is 8.02. The van der Waals surface area contributed by atoms with Crippen molar-refractivity contribution in [1.82, 2.24) is 4.90 Å². The Morgan fingerprint density at radius 2 is 2.24 bits per heavy atom. The Labute approximate surface area is 129 Å². The molecule has 0 bridgehead atoms. The van der Waals surface area contributed by atoms with Crippen molar-refractivity contribution in [3.8, 4) is 0 Å². The summed E-state index contributed by atoms with van der Waals surface area (Å²) in [5, 5.41) is 9.69. The highest BCUT2D eigenvalue weighted by Crippen LogP contribution is 2.28. The van der Waals surface area contributed by atoms with Crippen molar-refractivity contribution < 1.29 is 18.3 Å². The van der Waals surface area contributed by atoms with Crippen molar-refractivity contribution in [1.29, 1.82) is 0 Å². The minimum atomic E-state index is -3.06. The third-order valence-corrected chi connectivity index (χ3v) is 5.81. The summed E-state index contributed by atoms with van der Waals surface area (Å²) in [4.78, 5) is 12.8. The summed E-state index contributed by atoms with van der Waals surface area (Å²) in [7, 11) is -3.06. The van der Waals surface area contributed by atoms with Crippen LogP contribution < -0.4 is 0 Å². The molecule has 1 aliphatic heterocycles. The maximum Gasteiger partial charge on any atom is 0.317 e. The summed E-state index contributed by atoms with van der Waals surface area (Å²) in [6.07, 6.45) is 0.473. The first-order valence-corrected chi connectivity index (χ1v) is 8.92. The Kier molecular flexibility index (Phi) is 4.91. The van der Waals surface area contributed by atoms with E-state index in [2.05, 4.69) is 0 Å². The Morgan fingerprint density at radius 1 is 1.52 bits per heavy atom. The topological polar surface area (TPSA) is 74.7 Å². The highest BCUT2D eigenvalue weighted by molar-refractivity contribution is 7.91. The van der Waals surface area contributed by atoms with Gasteiger partial charge in [-0.3, -0.25) is 9.69 Å². The Bertz CT molecular complexity index is 632. The number of carboxylic acids is 1. The number of rotatable bonds is 5. The number of aliphatic carboxylic acids is 1. The zero-order valence-electron chi connectivity index (χ0n) is 11.7. The SMILES string of the molecule is CC(c1cccc(Cl)c1)N(CC(=O)O)C1CCS(=O)(=O)C1. The maximum atomic E-state index is 11.6. The van der Waals surface area contributed by atoms with Gasteiger partial charge < -0.3 is 5.11 Å². The van der Waals surface area contributed by atoms with Gasteiger partial charge >= 0.3 is 5.97 Å². The van der Waals surface area contributed by atoms with Crippen LogP contribution in [0.1, 0.15) is 24.9 Å². The smallest absolute Gasteiger partial charge is 0.317 e. The molecule has 1 fully saturated rings. The molecule has 2 unspecified atom stereocenters. The van der Waals surface area contributed by atoms with E-state index in [1.807, 2.05) is 13.0 Å². The van der Waals surface area contributed by atoms with Crippen molar-refractivity contribution >= 4 is 27.4 Å². The first-order chi connectivity index (χ1) is 9.78. The summed E-state index contributed by atoms with van der Waals surface area (Å²) in [6, 6.07) is 6.73. The molecule has 2 rings (SSSR count). The Balaban J connectivity index is 2.25.